The maximum absolute atomic E-state index is 12.7. The number of ether oxygens (including phenoxy) is 1. The lowest BCUT2D eigenvalue weighted by atomic mass is 10.2. The van der Waals surface area contributed by atoms with E-state index in [0.717, 1.165) is 0 Å². The third-order valence-electron chi connectivity index (χ3n) is 3.78. The Balaban J connectivity index is 1.85. The third-order valence-corrected chi connectivity index (χ3v) is 6.23. The fourth-order valence-electron chi connectivity index (χ4n) is 2.40. The number of pyridine rings is 1. The highest BCUT2D eigenvalue weighted by atomic mass is 35.5. The van der Waals surface area contributed by atoms with Crippen LogP contribution in [0.3, 0.4) is 0 Å². The monoisotopic (exact) mass is 415 g/mol. The lowest BCUT2D eigenvalue weighted by Crippen LogP contribution is -2.40. The number of carbonyl (C=O) groups is 1. The quantitative estimate of drug-likeness (QED) is 0.775. The van der Waals surface area contributed by atoms with Crippen LogP contribution in [0.5, 0.6) is 0 Å². The van der Waals surface area contributed by atoms with Crippen LogP contribution in [-0.2, 0) is 14.8 Å². The number of anilines is 1. The lowest BCUT2D eigenvalue weighted by molar-refractivity contribution is 0.0730. The van der Waals surface area contributed by atoms with Crippen molar-refractivity contribution in [2.75, 3.05) is 31.6 Å². The molecule has 0 bridgehead atoms. The van der Waals surface area contributed by atoms with Gasteiger partial charge in [-0.25, -0.2) is 13.4 Å². The molecular formula is C16H15Cl2N3O4S. The molecule has 10 heteroatoms. The molecule has 1 aromatic heterocycles. The first-order valence-electron chi connectivity index (χ1n) is 7.68. The summed E-state index contributed by atoms with van der Waals surface area (Å²) in [7, 11) is -3.69. The molecule has 138 valence electrons. The van der Waals surface area contributed by atoms with Crippen LogP contribution >= 0.6 is 23.2 Å². The van der Waals surface area contributed by atoms with Crippen molar-refractivity contribution >= 4 is 44.8 Å². The molecule has 0 atom stereocenters. The molecule has 0 aliphatic carbocycles. The zero-order valence-electron chi connectivity index (χ0n) is 13.5. The number of morpholine rings is 1. The van der Waals surface area contributed by atoms with Crippen LogP contribution in [-0.4, -0.2) is 49.9 Å². The van der Waals surface area contributed by atoms with Gasteiger partial charge in [-0.05, 0) is 30.3 Å². The summed E-state index contributed by atoms with van der Waals surface area (Å²) in [6.07, 6.45) is 1.32. The molecule has 0 radical (unpaired) electrons. The van der Waals surface area contributed by atoms with E-state index in [1.807, 2.05) is 0 Å². The Kier molecular flexibility index (Phi) is 5.79. The molecule has 1 aliphatic rings. The van der Waals surface area contributed by atoms with Crippen molar-refractivity contribution in [1.29, 1.82) is 0 Å². The highest BCUT2D eigenvalue weighted by Gasteiger charge is 2.27. The van der Waals surface area contributed by atoms with Gasteiger partial charge in [0, 0.05) is 19.3 Å². The molecular weight excluding hydrogens is 401 g/mol. The van der Waals surface area contributed by atoms with Crippen molar-refractivity contribution in [1.82, 2.24) is 9.29 Å². The van der Waals surface area contributed by atoms with Gasteiger partial charge in [-0.1, -0.05) is 23.2 Å². The molecule has 0 saturated carbocycles. The predicted molar refractivity (Wildman–Crippen MR) is 98.2 cm³/mol. The van der Waals surface area contributed by atoms with Crippen molar-refractivity contribution in [2.45, 2.75) is 4.90 Å². The number of rotatable bonds is 4. The highest BCUT2D eigenvalue weighted by molar-refractivity contribution is 7.89. The van der Waals surface area contributed by atoms with Gasteiger partial charge in [0.05, 0.1) is 34.4 Å². The van der Waals surface area contributed by atoms with Crippen LogP contribution < -0.4 is 5.32 Å². The number of hydrogen-bond donors (Lipinski definition) is 1. The second-order valence-corrected chi connectivity index (χ2v) is 8.21. The molecule has 3 rings (SSSR count). The van der Waals surface area contributed by atoms with Gasteiger partial charge in [-0.2, -0.15) is 4.31 Å². The predicted octanol–water partition coefficient (Wildman–Crippen LogP) is 2.66. The molecule has 1 aliphatic heterocycles. The van der Waals surface area contributed by atoms with Gasteiger partial charge in [-0.15, -0.1) is 0 Å². The van der Waals surface area contributed by atoms with E-state index in [-0.39, 0.29) is 39.4 Å². The Bertz CT molecular complexity index is 914. The number of nitrogens with one attached hydrogen (secondary N) is 1. The van der Waals surface area contributed by atoms with E-state index < -0.39 is 15.9 Å². The number of sulfonamides is 1. The Labute approximate surface area is 160 Å². The molecule has 26 heavy (non-hydrogen) atoms. The van der Waals surface area contributed by atoms with E-state index in [9.17, 15) is 13.2 Å². The summed E-state index contributed by atoms with van der Waals surface area (Å²) in [6.45, 7) is 1.26. The average Bonchev–Trinajstić information content (AvgIpc) is 2.64. The third kappa shape index (κ3) is 4.16. The zero-order chi connectivity index (χ0) is 18.7. The number of hydrogen-bond acceptors (Lipinski definition) is 5. The van der Waals surface area contributed by atoms with Crippen LogP contribution in [0, 0.1) is 0 Å². The van der Waals surface area contributed by atoms with Crippen LogP contribution in [0.15, 0.2) is 41.4 Å². The van der Waals surface area contributed by atoms with Gasteiger partial charge in [-0.3, -0.25) is 4.79 Å². The van der Waals surface area contributed by atoms with Gasteiger partial charge < -0.3 is 10.1 Å². The SMILES string of the molecule is O=C(Nc1cc(S(=O)(=O)N2CCOCC2)ccc1Cl)c1ccc(Cl)nc1. The topological polar surface area (TPSA) is 88.6 Å². The van der Waals surface area contributed by atoms with Crippen molar-refractivity contribution in [3.8, 4) is 0 Å². The fourth-order valence-corrected chi connectivity index (χ4v) is 4.11. The summed E-state index contributed by atoms with van der Waals surface area (Å²) >= 11 is 11.8. The Morgan fingerprint density at radius 2 is 1.88 bits per heavy atom. The summed E-state index contributed by atoms with van der Waals surface area (Å²) in [5.74, 6) is -0.475. The van der Waals surface area contributed by atoms with E-state index in [1.54, 1.807) is 0 Å². The number of nitrogens with zero attached hydrogens (tertiary/aromatic N) is 2. The average molecular weight is 416 g/mol. The van der Waals surface area contributed by atoms with Gasteiger partial charge in [0.2, 0.25) is 10.0 Å². The maximum Gasteiger partial charge on any atom is 0.257 e. The van der Waals surface area contributed by atoms with E-state index in [4.69, 9.17) is 27.9 Å². The number of halogens is 2. The molecule has 1 N–H and O–H groups in total. The summed E-state index contributed by atoms with van der Waals surface area (Å²) in [4.78, 5) is 16.2. The minimum atomic E-state index is -3.69. The van der Waals surface area contributed by atoms with Gasteiger partial charge in [0.1, 0.15) is 5.15 Å². The number of aromatic nitrogens is 1. The van der Waals surface area contributed by atoms with Crippen LogP contribution in [0.2, 0.25) is 10.2 Å². The standard InChI is InChI=1S/C16H15Cl2N3O4S/c17-13-3-2-12(26(23,24)21-5-7-25-8-6-21)9-14(13)20-16(22)11-1-4-15(18)19-10-11/h1-4,9-10H,5-8H2,(H,20,22). The Morgan fingerprint density at radius 1 is 1.15 bits per heavy atom. The Morgan fingerprint density at radius 3 is 2.54 bits per heavy atom. The van der Waals surface area contributed by atoms with Crippen LogP contribution in [0.4, 0.5) is 5.69 Å². The first-order chi connectivity index (χ1) is 12.4. The molecule has 0 unspecified atom stereocenters. The molecule has 1 saturated heterocycles. The smallest absolute Gasteiger partial charge is 0.257 e. The molecule has 7 nitrogen and oxygen atoms in total. The van der Waals surface area contributed by atoms with Gasteiger partial charge >= 0.3 is 0 Å². The van der Waals surface area contributed by atoms with Crippen LogP contribution in [0.25, 0.3) is 0 Å². The number of benzene rings is 1. The molecule has 1 amide bonds. The summed E-state index contributed by atoms with van der Waals surface area (Å²) in [5.41, 5.74) is 0.466. The van der Waals surface area contributed by atoms with Crippen molar-refractivity contribution < 1.29 is 17.9 Å². The molecule has 0 spiro atoms. The lowest BCUT2D eigenvalue weighted by Gasteiger charge is -2.26. The Hall–Kier alpha value is -1.71. The maximum atomic E-state index is 12.7. The van der Waals surface area contributed by atoms with Crippen molar-refractivity contribution in [3.05, 3.63) is 52.3 Å². The van der Waals surface area contributed by atoms with E-state index in [1.165, 1.54) is 40.8 Å². The largest absolute Gasteiger partial charge is 0.379 e. The normalized spacial score (nSPS) is 15.6. The molecule has 1 fully saturated rings. The number of amides is 1. The highest BCUT2D eigenvalue weighted by Crippen LogP contribution is 2.27. The summed E-state index contributed by atoms with van der Waals surface area (Å²) in [5, 5.41) is 3.09. The number of carbonyl (C=O) groups excluding carboxylic acids is 1. The zero-order valence-corrected chi connectivity index (χ0v) is 15.8. The van der Waals surface area contributed by atoms with Crippen LogP contribution in [0.1, 0.15) is 10.4 Å². The molecule has 2 heterocycles. The fraction of sp³-hybridized carbons (Fsp3) is 0.250. The minimum absolute atomic E-state index is 0.0494. The van der Waals surface area contributed by atoms with Crippen molar-refractivity contribution in [3.63, 3.8) is 0 Å². The van der Waals surface area contributed by atoms with Gasteiger partial charge in [0.15, 0.2) is 0 Å². The van der Waals surface area contributed by atoms with E-state index in [0.29, 0.717) is 13.2 Å². The minimum Gasteiger partial charge on any atom is -0.379 e. The van der Waals surface area contributed by atoms with E-state index >= 15 is 0 Å². The summed E-state index contributed by atoms with van der Waals surface area (Å²) < 4.78 is 32.0. The van der Waals surface area contributed by atoms with E-state index in [2.05, 4.69) is 10.3 Å². The second kappa shape index (κ2) is 7.89. The van der Waals surface area contributed by atoms with Crippen molar-refractivity contribution in [2.24, 2.45) is 0 Å². The summed E-state index contributed by atoms with van der Waals surface area (Å²) in [6, 6.07) is 7.18. The molecule has 2 aromatic rings. The first kappa shape index (κ1) is 19.1. The molecule has 1 aromatic carbocycles. The second-order valence-electron chi connectivity index (χ2n) is 5.48. The van der Waals surface area contributed by atoms with Gasteiger partial charge in [0.25, 0.3) is 5.91 Å². The first-order valence-corrected chi connectivity index (χ1v) is 9.88.